The van der Waals surface area contributed by atoms with Gasteiger partial charge in [0.1, 0.15) is 0 Å². The Morgan fingerprint density at radius 3 is 2.58 bits per heavy atom. The number of carbonyl (C=O) groups excluding carboxylic acids is 2. The molecule has 0 unspecified atom stereocenters. The zero-order valence-corrected chi connectivity index (χ0v) is 19.4. The molecular formula is C23H30N2O5S. The minimum absolute atomic E-state index is 0.0232. The molecule has 0 bridgehead atoms. The average Bonchev–Trinajstić information content (AvgIpc) is 3.38. The van der Waals surface area contributed by atoms with Gasteiger partial charge in [-0.05, 0) is 41.6 Å². The van der Waals surface area contributed by atoms with Crippen LogP contribution in [0.25, 0.3) is 0 Å². The van der Waals surface area contributed by atoms with Crippen molar-refractivity contribution < 1.29 is 23.8 Å². The largest absolute Gasteiger partial charge is 0.454 e. The van der Waals surface area contributed by atoms with Crippen LogP contribution in [0.4, 0.5) is 0 Å². The van der Waals surface area contributed by atoms with Gasteiger partial charge in [-0.1, -0.05) is 19.9 Å². The molecule has 8 heteroatoms. The van der Waals surface area contributed by atoms with Crippen LogP contribution in [0.2, 0.25) is 0 Å². The number of thiophene rings is 1. The van der Waals surface area contributed by atoms with E-state index in [4.69, 9.17) is 14.2 Å². The fraction of sp³-hybridized carbons (Fsp3) is 0.478. The van der Waals surface area contributed by atoms with Crippen molar-refractivity contribution in [2.75, 3.05) is 33.6 Å². The van der Waals surface area contributed by atoms with Gasteiger partial charge in [-0.3, -0.25) is 9.59 Å². The van der Waals surface area contributed by atoms with Crippen molar-refractivity contribution in [3.05, 3.63) is 45.6 Å². The Bertz CT molecular complexity index is 911. The van der Waals surface area contributed by atoms with Crippen LogP contribution >= 0.6 is 11.3 Å². The summed E-state index contributed by atoms with van der Waals surface area (Å²) >= 11 is 1.63. The molecule has 0 radical (unpaired) electrons. The van der Waals surface area contributed by atoms with Crippen LogP contribution in [-0.2, 0) is 27.4 Å². The summed E-state index contributed by atoms with van der Waals surface area (Å²) in [6.45, 7) is 7.63. The van der Waals surface area contributed by atoms with Crippen molar-refractivity contribution in [1.29, 1.82) is 0 Å². The highest BCUT2D eigenvalue weighted by Gasteiger charge is 2.24. The van der Waals surface area contributed by atoms with Crippen LogP contribution in [0.3, 0.4) is 0 Å². The Kier molecular flexibility index (Phi) is 7.92. The monoisotopic (exact) mass is 446 g/mol. The van der Waals surface area contributed by atoms with Crippen molar-refractivity contribution in [3.63, 3.8) is 0 Å². The average molecular weight is 447 g/mol. The van der Waals surface area contributed by atoms with Gasteiger partial charge >= 0.3 is 0 Å². The lowest BCUT2D eigenvalue weighted by Crippen LogP contribution is -2.45. The van der Waals surface area contributed by atoms with Crippen molar-refractivity contribution in [1.82, 2.24) is 9.80 Å². The number of hydrogen-bond donors (Lipinski definition) is 0. The van der Waals surface area contributed by atoms with Crippen LogP contribution < -0.4 is 9.47 Å². The Hall–Kier alpha value is -2.58. The van der Waals surface area contributed by atoms with Crippen LogP contribution in [0.1, 0.15) is 29.9 Å². The molecule has 7 nitrogen and oxygen atoms in total. The van der Waals surface area contributed by atoms with E-state index in [9.17, 15) is 9.59 Å². The second-order valence-electron chi connectivity index (χ2n) is 7.87. The third-order valence-corrected chi connectivity index (χ3v) is 6.17. The van der Waals surface area contributed by atoms with E-state index in [1.807, 2.05) is 44.4 Å². The standard InChI is InChI=1S/C23H30N2O5S/c1-16(2)23(27)24(8-9-28-4)14-22(26)25(13-21-17(3)7-10-31-21)12-18-5-6-19-20(11-18)30-15-29-19/h5-7,10-11,16H,8-9,12-15H2,1-4H3. The minimum Gasteiger partial charge on any atom is -0.454 e. The zero-order chi connectivity index (χ0) is 22.4. The number of aryl methyl sites for hydroxylation is 1. The fourth-order valence-electron chi connectivity index (χ4n) is 3.33. The van der Waals surface area contributed by atoms with E-state index < -0.39 is 0 Å². The third kappa shape index (κ3) is 5.98. The van der Waals surface area contributed by atoms with Gasteiger partial charge in [-0.2, -0.15) is 0 Å². The van der Waals surface area contributed by atoms with Gasteiger partial charge in [0.15, 0.2) is 11.5 Å². The normalized spacial score (nSPS) is 12.3. The lowest BCUT2D eigenvalue weighted by Gasteiger charge is -2.28. The van der Waals surface area contributed by atoms with Crippen LogP contribution in [-0.4, -0.2) is 55.2 Å². The molecule has 0 aliphatic carbocycles. The number of fused-ring (bicyclic) bond motifs is 1. The van der Waals surface area contributed by atoms with Gasteiger partial charge in [0.2, 0.25) is 18.6 Å². The first-order valence-electron chi connectivity index (χ1n) is 10.4. The Labute approximate surface area is 187 Å². The van der Waals surface area contributed by atoms with Crippen molar-refractivity contribution >= 4 is 23.2 Å². The first-order valence-corrected chi connectivity index (χ1v) is 11.2. The number of hydrogen-bond acceptors (Lipinski definition) is 6. The van der Waals surface area contributed by atoms with Gasteiger partial charge in [0.25, 0.3) is 0 Å². The SMILES string of the molecule is COCCN(CC(=O)N(Cc1ccc2c(c1)OCO2)Cc1sccc1C)C(=O)C(C)C. The molecule has 1 aliphatic heterocycles. The molecule has 1 aromatic heterocycles. The smallest absolute Gasteiger partial charge is 0.242 e. The highest BCUT2D eigenvalue weighted by Crippen LogP contribution is 2.33. The molecule has 0 saturated heterocycles. The maximum absolute atomic E-state index is 13.4. The molecule has 31 heavy (non-hydrogen) atoms. The number of nitrogens with zero attached hydrogens (tertiary/aromatic N) is 2. The van der Waals surface area contributed by atoms with Crippen molar-refractivity contribution in [3.8, 4) is 11.5 Å². The van der Waals surface area contributed by atoms with Crippen molar-refractivity contribution in [2.45, 2.75) is 33.9 Å². The Morgan fingerprint density at radius 1 is 1.13 bits per heavy atom. The number of amides is 2. The topological polar surface area (TPSA) is 68.3 Å². The predicted molar refractivity (Wildman–Crippen MR) is 119 cm³/mol. The first-order chi connectivity index (χ1) is 14.9. The van der Waals surface area contributed by atoms with Crippen LogP contribution in [0.5, 0.6) is 11.5 Å². The van der Waals surface area contributed by atoms with Gasteiger partial charge in [0.05, 0.1) is 19.7 Å². The van der Waals surface area contributed by atoms with Gasteiger partial charge in [-0.15, -0.1) is 11.3 Å². The molecular weight excluding hydrogens is 416 g/mol. The summed E-state index contributed by atoms with van der Waals surface area (Å²) < 4.78 is 16.0. The second kappa shape index (κ2) is 10.6. The summed E-state index contributed by atoms with van der Waals surface area (Å²) in [7, 11) is 1.59. The lowest BCUT2D eigenvalue weighted by molar-refractivity contribution is -0.143. The zero-order valence-electron chi connectivity index (χ0n) is 18.6. The molecule has 0 spiro atoms. The summed E-state index contributed by atoms with van der Waals surface area (Å²) in [5.74, 6) is 1.06. The molecule has 2 heterocycles. The molecule has 0 saturated carbocycles. The quantitative estimate of drug-likeness (QED) is 0.559. The second-order valence-corrected chi connectivity index (χ2v) is 8.87. The number of ether oxygens (including phenoxy) is 3. The highest BCUT2D eigenvalue weighted by molar-refractivity contribution is 7.10. The minimum atomic E-state index is -0.188. The Balaban J connectivity index is 1.79. The highest BCUT2D eigenvalue weighted by atomic mass is 32.1. The number of rotatable bonds is 10. The van der Waals surface area contributed by atoms with E-state index in [1.54, 1.807) is 28.2 Å². The van der Waals surface area contributed by atoms with E-state index in [0.29, 0.717) is 37.7 Å². The molecule has 168 valence electrons. The molecule has 1 aromatic carbocycles. The molecule has 2 aromatic rings. The molecule has 0 N–H and O–H groups in total. The van der Waals surface area contributed by atoms with E-state index in [-0.39, 0.29) is 31.1 Å². The van der Waals surface area contributed by atoms with E-state index in [2.05, 4.69) is 6.07 Å². The summed E-state index contributed by atoms with van der Waals surface area (Å²) in [4.78, 5) is 30.5. The summed E-state index contributed by atoms with van der Waals surface area (Å²) in [5, 5.41) is 2.03. The first kappa shape index (κ1) is 23.1. The molecule has 0 atom stereocenters. The fourth-order valence-corrected chi connectivity index (χ4v) is 4.25. The van der Waals surface area contributed by atoms with E-state index in [1.165, 1.54) is 0 Å². The maximum Gasteiger partial charge on any atom is 0.242 e. The summed E-state index contributed by atoms with van der Waals surface area (Å²) in [5.41, 5.74) is 2.11. The number of methoxy groups -OCH3 is 1. The van der Waals surface area contributed by atoms with Gasteiger partial charge in [0, 0.05) is 31.0 Å². The predicted octanol–water partition coefficient (Wildman–Crippen LogP) is 3.45. The van der Waals surface area contributed by atoms with Crippen molar-refractivity contribution in [2.24, 2.45) is 5.92 Å². The Morgan fingerprint density at radius 2 is 1.90 bits per heavy atom. The van der Waals surface area contributed by atoms with E-state index >= 15 is 0 Å². The molecule has 3 rings (SSSR count). The maximum atomic E-state index is 13.4. The third-order valence-electron chi connectivity index (χ3n) is 5.16. The van der Waals surface area contributed by atoms with Crippen LogP contribution in [0.15, 0.2) is 29.6 Å². The van der Waals surface area contributed by atoms with Gasteiger partial charge < -0.3 is 24.0 Å². The van der Waals surface area contributed by atoms with Gasteiger partial charge in [-0.25, -0.2) is 0 Å². The van der Waals surface area contributed by atoms with E-state index in [0.717, 1.165) is 16.0 Å². The van der Waals surface area contributed by atoms with Crippen LogP contribution in [0, 0.1) is 12.8 Å². The number of benzene rings is 1. The molecule has 2 amide bonds. The number of carbonyl (C=O) groups is 2. The summed E-state index contributed by atoms with van der Waals surface area (Å²) in [6, 6.07) is 7.77. The molecule has 0 fully saturated rings. The summed E-state index contributed by atoms with van der Waals surface area (Å²) in [6.07, 6.45) is 0. The lowest BCUT2D eigenvalue weighted by atomic mass is 10.1. The molecule has 1 aliphatic rings.